The predicted octanol–water partition coefficient (Wildman–Crippen LogP) is 1.65. The van der Waals surface area contributed by atoms with E-state index in [0.29, 0.717) is 0 Å². The van der Waals surface area contributed by atoms with E-state index in [9.17, 15) is 13.2 Å². The number of carbonyl (C=O) groups is 1. The van der Waals surface area contributed by atoms with Crippen molar-refractivity contribution in [2.45, 2.75) is 63.7 Å². The summed E-state index contributed by atoms with van der Waals surface area (Å²) >= 11 is 0. The van der Waals surface area contributed by atoms with Crippen molar-refractivity contribution in [1.82, 2.24) is 5.32 Å². The molecule has 0 aliphatic heterocycles. The Bertz CT molecular complexity index is 345. The van der Waals surface area contributed by atoms with Crippen molar-refractivity contribution in [3.05, 3.63) is 0 Å². The van der Waals surface area contributed by atoms with Crippen LogP contribution in [0.1, 0.15) is 52.4 Å². The molecule has 1 atom stereocenters. The molecule has 1 fully saturated rings. The zero-order valence-electron chi connectivity index (χ0n) is 10.7. The number of rotatable bonds is 6. The summed E-state index contributed by atoms with van der Waals surface area (Å²) in [5.41, 5.74) is 0. The summed E-state index contributed by atoms with van der Waals surface area (Å²) in [6.07, 6.45) is 4.51. The minimum absolute atomic E-state index is 0.0000652. The molecule has 4 nitrogen and oxygen atoms in total. The highest BCUT2D eigenvalue weighted by atomic mass is 32.2. The van der Waals surface area contributed by atoms with E-state index in [0.717, 1.165) is 32.1 Å². The second-order valence-corrected chi connectivity index (χ2v) is 7.30. The first kappa shape index (κ1) is 14.5. The third-order valence-corrected chi connectivity index (χ3v) is 5.70. The summed E-state index contributed by atoms with van der Waals surface area (Å²) in [7, 11) is -3.06. The smallest absolute Gasteiger partial charge is 0.221 e. The van der Waals surface area contributed by atoms with Crippen molar-refractivity contribution in [3.63, 3.8) is 0 Å². The van der Waals surface area contributed by atoms with Crippen LogP contribution in [0.4, 0.5) is 0 Å². The average molecular weight is 261 g/mol. The summed E-state index contributed by atoms with van der Waals surface area (Å²) in [6.45, 7) is 3.91. The number of carbonyl (C=O) groups excluding carboxylic acids is 1. The fourth-order valence-corrected chi connectivity index (χ4v) is 3.95. The van der Waals surface area contributed by atoms with Crippen molar-refractivity contribution < 1.29 is 13.2 Å². The van der Waals surface area contributed by atoms with Crippen LogP contribution in [0.25, 0.3) is 0 Å². The van der Waals surface area contributed by atoms with Gasteiger partial charge in [0.05, 0.1) is 11.0 Å². The van der Waals surface area contributed by atoms with E-state index >= 15 is 0 Å². The lowest BCUT2D eigenvalue weighted by Crippen LogP contribution is -2.34. The lowest BCUT2D eigenvalue weighted by molar-refractivity contribution is -0.121. The average Bonchev–Trinajstić information content (AvgIpc) is 2.80. The van der Waals surface area contributed by atoms with Crippen LogP contribution < -0.4 is 5.32 Å². The highest BCUT2D eigenvalue weighted by molar-refractivity contribution is 7.92. The molecule has 1 aliphatic carbocycles. The van der Waals surface area contributed by atoms with Crippen LogP contribution in [0.2, 0.25) is 0 Å². The van der Waals surface area contributed by atoms with E-state index in [2.05, 4.69) is 5.32 Å². The maximum absolute atomic E-state index is 11.9. The maximum Gasteiger partial charge on any atom is 0.221 e. The van der Waals surface area contributed by atoms with Gasteiger partial charge in [-0.25, -0.2) is 8.42 Å². The fraction of sp³-hybridized carbons (Fsp3) is 0.917. The van der Waals surface area contributed by atoms with Crippen LogP contribution in [0, 0.1) is 0 Å². The Labute approximate surface area is 104 Å². The van der Waals surface area contributed by atoms with Gasteiger partial charge < -0.3 is 5.32 Å². The van der Waals surface area contributed by atoms with Crippen molar-refractivity contribution in [3.8, 4) is 0 Å². The molecule has 0 aromatic heterocycles. The van der Waals surface area contributed by atoms with Gasteiger partial charge in [0.1, 0.15) is 0 Å². The van der Waals surface area contributed by atoms with Gasteiger partial charge in [-0.15, -0.1) is 0 Å². The Hall–Kier alpha value is -0.580. The number of nitrogens with one attached hydrogen (secondary N) is 1. The van der Waals surface area contributed by atoms with Gasteiger partial charge in [0, 0.05) is 12.5 Å². The quantitative estimate of drug-likeness (QED) is 0.790. The van der Waals surface area contributed by atoms with Gasteiger partial charge >= 0.3 is 0 Å². The monoisotopic (exact) mass is 261 g/mol. The van der Waals surface area contributed by atoms with E-state index in [1.54, 1.807) is 0 Å². The Morgan fingerprint density at radius 2 is 1.94 bits per heavy atom. The SMILES string of the molecule is CCC(C)NC(=O)CCS(=O)(=O)C1CCCC1. The summed E-state index contributed by atoms with van der Waals surface area (Å²) in [4.78, 5) is 11.5. The molecule has 0 bridgehead atoms. The van der Waals surface area contributed by atoms with Crippen molar-refractivity contribution in [2.24, 2.45) is 0 Å². The van der Waals surface area contributed by atoms with Crippen LogP contribution in [0.3, 0.4) is 0 Å². The normalized spacial score (nSPS) is 19.2. The van der Waals surface area contributed by atoms with Crippen molar-refractivity contribution >= 4 is 15.7 Å². The first-order chi connectivity index (χ1) is 7.95. The molecule has 17 heavy (non-hydrogen) atoms. The van der Waals surface area contributed by atoms with Gasteiger partial charge in [0.2, 0.25) is 5.91 Å². The van der Waals surface area contributed by atoms with Crippen molar-refractivity contribution in [1.29, 1.82) is 0 Å². The second-order valence-electron chi connectivity index (χ2n) is 4.90. The molecular weight excluding hydrogens is 238 g/mol. The zero-order chi connectivity index (χ0) is 12.9. The molecule has 0 aromatic carbocycles. The van der Waals surface area contributed by atoms with Crippen LogP contribution in [0.15, 0.2) is 0 Å². The van der Waals surface area contributed by atoms with Gasteiger partial charge in [-0.2, -0.15) is 0 Å². The third kappa shape index (κ3) is 4.66. The van der Waals surface area contributed by atoms with Crippen molar-refractivity contribution in [2.75, 3.05) is 5.75 Å². The van der Waals surface area contributed by atoms with E-state index in [1.807, 2.05) is 13.8 Å². The van der Waals surface area contributed by atoms with Gasteiger partial charge in [0.15, 0.2) is 9.84 Å². The summed E-state index contributed by atoms with van der Waals surface area (Å²) < 4.78 is 23.8. The second kappa shape index (κ2) is 6.38. The molecule has 5 heteroatoms. The Balaban J connectivity index is 2.36. The molecule has 1 aliphatic rings. The maximum atomic E-state index is 11.9. The topological polar surface area (TPSA) is 63.2 Å². The molecule has 0 heterocycles. The van der Waals surface area contributed by atoms with E-state index in [4.69, 9.17) is 0 Å². The zero-order valence-corrected chi connectivity index (χ0v) is 11.6. The van der Waals surface area contributed by atoms with Gasteiger partial charge in [-0.05, 0) is 26.2 Å². The van der Waals surface area contributed by atoms with Crippen LogP contribution in [0.5, 0.6) is 0 Å². The molecule has 1 amide bonds. The highest BCUT2D eigenvalue weighted by Crippen LogP contribution is 2.25. The van der Waals surface area contributed by atoms with Gasteiger partial charge in [-0.1, -0.05) is 19.8 Å². The molecule has 1 N–H and O–H groups in total. The molecular formula is C12H23NO3S. The van der Waals surface area contributed by atoms with Crippen LogP contribution in [-0.4, -0.2) is 31.4 Å². The summed E-state index contributed by atoms with van der Waals surface area (Å²) in [6, 6.07) is 0.122. The molecule has 100 valence electrons. The number of hydrogen-bond acceptors (Lipinski definition) is 3. The van der Waals surface area contributed by atoms with Gasteiger partial charge in [-0.3, -0.25) is 4.79 Å². The Morgan fingerprint density at radius 3 is 2.47 bits per heavy atom. The minimum Gasteiger partial charge on any atom is -0.354 e. The number of hydrogen-bond donors (Lipinski definition) is 1. The Morgan fingerprint density at radius 1 is 1.35 bits per heavy atom. The molecule has 1 unspecified atom stereocenters. The van der Waals surface area contributed by atoms with E-state index < -0.39 is 9.84 Å². The first-order valence-corrected chi connectivity index (χ1v) is 8.18. The highest BCUT2D eigenvalue weighted by Gasteiger charge is 2.28. The molecule has 0 radical (unpaired) electrons. The summed E-state index contributed by atoms with van der Waals surface area (Å²) in [5, 5.41) is 2.59. The van der Waals surface area contributed by atoms with Crippen LogP contribution in [-0.2, 0) is 14.6 Å². The minimum atomic E-state index is -3.06. The molecule has 1 saturated carbocycles. The van der Waals surface area contributed by atoms with E-state index in [1.165, 1.54) is 0 Å². The molecule has 0 saturated heterocycles. The number of sulfone groups is 1. The fourth-order valence-electron chi connectivity index (χ4n) is 2.10. The molecule has 1 rings (SSSR count). The number of amides is 1. The third-order valence-electron chi connectivity index (χ3n) is 3.44. The van der Waals surface area contributed by atoms with E-state index in [-0.39, 0.29) is 29.4 Å². The molecule has 0 spiro atoms. The molecule has 0 aromatic rings. The first-order valence-electron chi connectivity index (χ1n) is 6.46. The Kier molecular flexibility index (Phi) is 5.43. The lowest BCUT2D eigenvalue weighted by atomic mass is 10.2. The van der Waals surface area contributed by atoms with Crippen LogP contribution >= 0.6 is 0 Å². The standard InChI is InChI=1S/C12H23NO3S/c1-3-10(2)13-12(14)8-9-17(15,16)11-6-4-5-7-11/h10-11H,3-9H2,1-2H3,(H,13,14). The van der Waals surface area contributed by atoms with Gasteiger partial charge in [0.25, 0.3) is 0 Å². The lowest BCUT2D eigenvalue weighted by Gasteiger charge is -2.13. The largest absolute Gasteiger partial charge is 0.354 e. The summed E-state index contributed by atoms with van der Waals surface area (Å²) in [5.74, 6) is -0.152. The predicted molar refractivity (Wildman–Crippen MR) is 68.6 cm³/mol.